The summed E-state index contributed by atoms with van der Waals surface area (Å²) >= 11 is 3.77. The summed E-state index contributed by atoms with van der Waals surface area (Å²) in [7, 11) is 0. The van der Waals surface area contributed by atoms with E-state index in [1.165, 1.54) is 56.6 Å². The fourth-order valence-corrected chi connectivity index (χ4v) is 7.46. The molecule has 0 aliphatic carbocycles. The second-order valence-corrected chi connectivity index (χ2v) is 10.0. The van der Waals surface area contributed by atoms with Crippen LogP contribution in [0.4, 0.5) is 0 Å². The molecule has 0 saturated heterocycles. The summed E-state index contributed by atoms with van der Waals surface area (Å²) in [4.78, 5) is 9.09. The van der Waals surface area contributed by atoms with Crippen LogP contribution >= 0.6 is 22.7 Å². The maximum Gasteiger partial charge on any atom is 0.145 e. The zero-order chi connectivity index (χ0) is 20.1. The Kier molecular flexibility index (Phi) is 2.91. The standard InChI is InChI=1S/C26H13N3S2/c1-2-4-19-15(3-1)23-20(30-19)7-8-21-24(23)16-5-6-18-22(25(16)31-21)17-13-27-10-9-14(17)26-28-11-12-29(18)26/h1-13H. The van der Waals surface area contributed by atoms with Crippen LogP contribution in [-0.4, -0.2) is 14.4 Å². The van der Waals surface area contributed by atoms with Gasteiger partial charge in [-0.15, -0.1) is 22.7 Å². The van der Waals surface area contributed by atoms with Gasteiger partial charge in [0.05, 0.1) is 5.52 Å². The zero-order valence-electron chi connectivity index (χ0n) is 16.2. The molecule has 0 N–H and O–H groups in total. The van der Waals surface area contributed by atoms with Crippen molar-refractivity contribution in [2.45, 2.75) is 0 Å². The van der Waals surface area contributed by atoms with E-state index in [0.717, 1.165) is 11.0 Å². The van der Waals surface area contributed by atoms with E-state index in [1.807, 2.05) is 41.3 Å². The second kappa shape index (κ2) is 5.58. The first-order chi connectivity index (χ1) is 15.4. The number of pyridine rings is 2. The van der Waals surface area contributed by atoms with Crippen LogP contribution in [0.25, 0.3) is 67.7 Å². The SMILES string of the molecule is c1ccc2c(c1)sc1ccc3sc4c(ccc5c4c4cnccc4c4nccn54)c3c12. The van der Waals surface area contributed by atoms with Crippen molar-refractivity contribution < 1.29 is 0 Å². The second-order valence-electron chi connectivity index (χ2n) is 7.89. The molecule has 0 bridgehead atoms. The molecule has 8 aromatic rings. The Morgan fingerprint density at radius 3 is 2.48 bits per heavy atom. The quantitative estimate of drug-likeness (QED) is 0.230. The van der Waals surface area contributed by atoms with Gasteiger partial charge in [0.15, 0.2) is 0 Å². The monoisotopic (exact) mass is 431 g/mol. The Balaban J connectivity index is 1.70. The van der Waals surface area contributed by atoms with Gasteiger partial charge >= 0.3 is 0 Å². The van der Waals surface area contributed by atoms with Crippen molar-refractivity contribution in [1.29, 1.82) is 0 Å². The molecule has 5 aromatic heterocycles. The molecule has 5 heterocycles. The van der Waals surface area contributed by atoms with Crippen LogP contribution in [0.15, 0.2) is 79.4 Å². The van der Waals surface area contributed by atoms with E-state index in [2.05, 4.69) is 75.2 Å². The van der Waals surface area contributed by atoms with Crippen LogP contribution in [0.1, 0.15) is 0 Å². The van der Waals surface area contributed by atoms with Gasteiger partial charge in [-0.1, -0.05) is 24.3 Å². The molecular weight excluding hydrogens is 418 g/mol. The van der Waals surface area contributed by atoms with Crippen molar-refractivity contribution in [1.82, 2.24) is 14.4 Å². The van der Waals surface area contributed by atoms with Crippen LogP contribution in [0.5, 0.6) is 0 Å². The lowest BCUT2D eigenvalue weighted by Gasteiger charge is -2.09. The highest BCUT2D eigenvalue weighted by molar-refractivity contribution is 7.28. The minimum Gasteiger partial charge on any atom is -0.299 e. The summed E-state index contributed by atoms with van der Waals surface area (Å²) in [6.07, 6.45) is 7.78. The number of rotatable bonds is 0. The smallest absolute Gasteiger partial charge is 0.145 e. The van der Waals surface area contributed by atoms with Crippen molar-refractivity contribution in [3.63, 3.8) is 0 Å². The highest BCUT2D eigenvalue weighted by Gasteiger charge is 2.18. The molecule has 0 unspecified atom stereocenters. The van der Waals surface area contributed by atoms with Gasteiger partial charge in [0.25, 0.3) is 0 Å². The molecule has 144 valence electrons. The van der Waals surface area contributed by atoms with Crippen LogP contribution in [-0.2, 0) is 0 Å². The normalized spacial score (nSPS) is 12.5. The van der Waals surface area contributed by atoms with E-state index in [4.69, 9.17) is 0 Å². The third kappa shape index (κ3) is 1.93. The van der Waals surface area contributed by atoms with Gasteiger partial charge in [-0.05, 0) is 30.3 Å². The number of hydrogen-bond donors (Lipinski definition) is 0. The summed E-state index contributed by atoms with van der Waals surface area (Å²) < 4.78 is 7.56. The lowest BCUT2D eigenvalue weighted by molar-refractivity contribution is 1.27. The molecule has 0 fully saturated rings. The van der Waals surface area contributed by atoms with Crippen molar-refractivity contribution in [2.24, 2.45) is 0 Å². The van der Waals surface area contributed by atoms with Crippen LogP contribution in [0, 0.1) is 0 Å². The molecule has 5 heteroatoms. The largest absolute Gasteiger partial charge is 0.299 e. The molecule has 3 nitrogen and oxygen atoms in total. The van der Waals surface area contributed by atoms with Gasteiger partial charge in [0.1, 0.15) is 5.65 Å². The third-order valence-electron chi connectivity index (χ3n) is 6.35. The average molecular weight is 432 g/mol. The van der Waals surface area contributed by atoms with E-state index in [9.17, 15) is 0 Å². The van der Waals surface area contributed by atoms with Gasteiger partial charge in [-0.25, -0.2) is 4.98 Å². The van der Waals surface area contributed by atoms with Crippen molar-refractivity contribution in [3.05, 3.63) is 79.4 Å². The van der Waals surface area contributed by atoms with E-state index < -0.39 is 0 Å². The number of nitrogens with zero attached hydrogens (tertiary/aromatic N) is 3. The van der Waals surface area contributed by atoms with E-state index in [-0.39, 0.29) is 0 Å². The van der Waals surface area contributed by atoms with Gasteiger partial charge in [-0.2, -0.15) is 0 Å². The molecule has 0 atom stereocenters. The number of imidazole rings is 1. The fourth-order valence-electron chi connectivity index (χ4n) is 5.08. The van der Waals surface area contributed by atoms with Crippen molar-refractivity contribution in [3.8, 4) is 0 Å². The molecule has 0 amide bonds. The molecular formula is C26H13N3S2. The predicted octanol–water partition coefficient (Wildman–Crippen LogP) is 7.77. The van der Waals surface area contributed by atoms with Gasteiger partial charge in [-0.3, -0.25) is 9.38 Å². The topological polar surface area (TPSA) is 30.2 Å². The summed E-state index contributed by atoms with van der Waals surface area (Å²) in [5, 5.41) is 9.01. The van der Waals surface area contributed by atoms with Crippen molar-refractivity contribution in [2.75, 3.05) is 0 Å². The Morgan fingerprint density at radius 2 is 1.52 bits per heavy atom. The summed E-state index contributed by atoms with van der Waals surface area (Å²) in [5.74, 6) is 0. The lowest BCUT2D eigenvalue weighted by atomic mass is 10.0. The minimum absolute atomic E-state index is 0.983. The maximum atomic E-state index is 4.63. The summed E-state index contributed by atoms with van der Waals surface area (Å²) in [5.41, 5.74) is 2.16. The van der Waals surface area contributed by atoms with Gasteiger partial charge in [0, 0.05) is 81.3 Å². The van der Waals surface area contributed by atoms with Crippen LogP contribution in [0.2, 0.25) is 0 Å². The Morgan fingerprint density at radius 1 is 0.645 bits per heavy atom. The lowest BCUT2D eigenvalue weighted by Crippen LogP contribution is -1.91. The first-order valence-electron chi connectivity index (χ1n) is 10.2. The molecule has 0 aliphatic rings. The van der Waals surface area contributed by atoms with E-state index >= 15 is 0 Å². The molecule has 0 spiro atoms. The highest BCUT2D eigenvalue weighted by Crippen LogP contribution is 2.47. The highest BCUT2D eigenvalue weighted by atomic mass is 32.1. The molecule has 3 aromatic carbocycles. The number of thiophene rings is 2. The molecule has 0 radical (unpaired) electrons. The number of benzene rings is 3. The number of fused-ring (bicyclic) bond motifs is 14. The molecule has 0 saturated carbocycles. The van der Waals surface area contributed by atoms with E-state index in [1.54, 1.807) is 0 Å². The van der Waals surface area contributed by atoms with Gasteiger partial charge < -0.3 is 0 Å². The maximum absolute atomic E-state index is 4.63. The molecule has 8 rings (SSSR count). The Labute approximate surface area is 183 Å². The van der Waals surface area contributed by atoms with Gasteiger partial charge in [0.2, 0.25) is 0 Å². The third-order valence-corrected chi connectivity index (χ3v) is 8.68. The van der Waals surface area contributed by atoms with E-state index in [0.29, 0.717) is 0 Å². The first kappa shape index (κ1) is 16.2. The van der Waals surface area contributed by atoms with Crippen LogP contribution < -0.4 is 0 Å². The average Bonchev–Trinajstić information content (AvgIpc) is 3.53. The zero-order valence-corrected chi connectivity index (χ0v) is 17.8. The Hall–Kier alpha value is -3.54. The Bertz CT molecular complexity index is 2010. The number of aromatic nitrogens is 3. The summed E-state index contributed by atoms with van der Waals surface area (Å²) in [6.45, 7) is 0. The number of hydrogen-bond acceptors (Lipinski definition) is 4. The summed E-state index contributed by atoms with van der Waals surface area (Å²) in [6, 6.07) is 20.0. The van der Waals surface area contributed by atoms with Crippen LogP contribution in [0.3, 0.4) is 0 Å². The van der Waals surface area contributed by atoms with Crippen molar-refractivity contribution >= 4 is 90.3 Å². The molecule has 31 heavy (non-hydrogen) atoms. The minimum atomic E-state index is 0.983. The predicted molar refractivity (Wildman–Crippen MR) is 134 cm³/mol. The fraction of sp³-hybridized carbons (Fsp3) is 0. The first-order valence-corrected chi connectivity index (χ1v) is 11.8. The molecule has 0 aliphatic heterocycles.